The maximum Gasteiger partial charge on any atom is 0.244 e. The van der Waals surface area contributed by atoms with Crippen molar-refractivity contribution in [3.05, 3.63) is 58.9 Å². The summed E-state index contributed by atoms with van der Waals surface area (Å²) in [6.45, 7) is 1.22. The van der Waals surface area contributed by atoms with Gasteiger partial charge in [0, 0.05) is 29.7 Å². The van der Waals surface area contributed by atoms with Crippen LogP contribution >= 0.6 is 34.7 Å². The topological polar surface area (TPSA) is 88.6 Å². The zero-order chi connectivity index (χ0) is 22.6. The van der Waals surface area contributed by atoms with Gasteiger partial charge in [-0.05, 0) is 18.2 Å². The first-order chi connectivity index (χ1) is 15.4. The molecule has 1 aromatic heterocycles. The van der Waals surface area contributed by atoms with Crippen molar-refractivity contribution in [2.45, 2.75) is 9.24 Å². The third kappa shape index (κ3) is 5.51. The van der Waals surface area contributed by atoms with Crippen LogP contribution in [0.15, 0.2) is 63.1 Å². The highest BCUT2D eigenvalue weighted by Crippen LogP contribution is 2.30. The number of hydrogen-bond donors (Lipinski definition) is 1. The van der Waals surface area contributed by atoms with Gasteiger partial charge in [0.2, 0.25) is 15.9 Å². The second-order valence-corrected chi connectivity index (χ2v) is 11.3. The number of nitrogens with zero attached hydrogens (tertiary/aromatic N) is 2. The summed E-state index contributed by atoms with van der Waals surface area (Å²) in [5.41, 5.74) is 2.26. The van der Waals surface area contributed by atoms with Crippen LogP contribution in [0.5, 0.6) is 0 Å². The summed E-state index contributed by atoms with van der Waals surface area (Å²) in [7, 11) is -3.77. The molecule has 1 saturated heterocycles. The number of rotatable bonds is 7. The number of benzene rings is 2. The van der Waals surface area contributed by atoms with Crippen molar-refractivity contribution in [1.82, 2.24) is 9.29 Å². The van der Waals surface area contributed by atoms with Crippen LogP contribution in [0.2, 0.25) is 5.02 Å². The van der Waals surface area contributed by atoms with Crippen molar-refractivity contribution < 1.29 is 17.9 Å². The number of nitrogens with one attached hydrogen (secondary N) is 1. The monoisotopic (exact) mass is 509 g/mol. The molecule has 11 heteroatoms. The van der Waals surface area contributed by atoms with E-state index in [9.17, 15) is 13.2 Å². The lowest BCUT2D eigenvalue weighted by atomic mass is 10.2. The Morgan fingerprint density at radius 1 is 1.19 bits per heavy atom. The molecule has 2 heterocycles. The molecular formula is C21H20ClN3O4S3. The molecular weight excluding hydrogens is 490 g/mol. The Hall–Kier alpha value is -1.95. The predicted octanol–water partition coefficient (Wildman–Crippen LogP) is 4.22. The van der Waals surface area contributed by atoms with Gasteiger partial charge in [0.15, 0.2) is 4.34 Å². The minimum Gasteiger partial charge on any atom is -0.379 e. The Morgan fingerprint density at radius 2 is 1.94 bits per heavy atom. The number of anilines is 1. The van der Waals surface area contributed by atoms with Gasteiger partial charge in [-0.3, -0.25) is 4.79 Å². The number of carbonyl (C=O) groups excluding carboxylic acids is 1. The van der Waals surface area contributed by atoms with Gasteiger partial charge in [-0.15, -0.1) is 11.3 Å². The Labute approximate surface area is 199 Å². The predicted molar refractivity (Wildman–Crippen MR) is 128 cm³/mol. The molecule has 0 saturated carbocycles. The maximum absolute atomic E-state index is 12.9. The van der Waals surface area contributed by atoms with E-state index in [0.717, 1.165) is 15.6 Å². The van der Waals surface area contributed by atoms with Crippen molar-refractivity contribution in [3.63, 3.8) is 0 Å². The number of morpholine rings is 1. The molecule has 1 fully saturated rings. The van der Waals surface area contributed by atoms with Crippen LogP contribution < -0.4 is 5.32 Å². The smallest absolute Gasteiger partial charge is 0.244 e. The molecule has 0 aliphatic carbocycles. The van der Waals surface area contributed by atoms with Crippen LogP contribution in [0.3, 0.4) is 0 Å². The lowest BCUT2D eigenvalue weighted by molar-refractivity contribution is -0.113. The van der Waals surface area contributed by atoms with E-state index < -0.39 is 10.0 Å². The number of carbonyl (C=O) groups is 1. The van der Waals surface area contributed by atoms with Crippen LogP contribution in [0.1, 0.15) is 0 Å². The quantitative estimate of drug-likeness (QED) is 0.480. The fourth-order valence-corrected chi connectivity index (χ4v) is 6.64. The fourth-order valence-electron chi connectivity index (χ4n) is 3.09. The van der Waals surface area contributed by atoms with Crippen molar-refractivity contribution >= 4 is 56.3 Å². The van der Waals surface area contributed by atoms with E-state index in [-0.39, 0.29) is 34.7 Å². The van der Waals surface area contributed by atoms with Crippen molar-refractivity contribution in [1.29, 1.82) is 0 Å². The minimum absolute atomic E-state index is 0.0288. The van der Waals surface area contributed by atoms with E-state index in [4.69, 9.17) is 16.3 Å². The summed E-state index contributed by atoms with van der Waals surface area (Å²) >= 11 is 8.97. The molecule has 2 aromatic carbocycles. The molecule has 168 valence electrons. The molecule has 7 nitrogen and oxygen atoms in total. The number of sulfonamides is 1. The zero-order valence-corrected chi connectivity index (χ0v) is 20.1. The van der Waals surface area contributed by atoms with Crippen LogP contribution in [0.25, 0.3) is 11.3 Å². The Morgan fingerprint density at radius 3 is 2.69 bits per heavy atom. The highest BCUT2D eigenvalue weighted by atomic mass is 35.5. The average Bonchev–Trinajstić information content (AvgIpc) is 3.29. The van der Waals surface area contributed by atoms with Crippen LogP contribution in [-0.2, 0) is 19.6 Å². The zero-order valence-electron chi connectivity index (χ0n) is 16.9. The highest BCUT2D eigenvalue weighted by molar-refractivity contribution is 8.01. The second kappa shape index (κ2) is 10.3. The molecule has 0 bridgehead atoms. The maximum atomic E-state index is 12.9. The molecule has 1 amide bonds. The fraction of sp³-hybridized carbons (Fsp3) is 0.238. The van der Waals surface area contributed by atoms with Gasteiger partial charge in [-0.25, -0.2) is 13.4 Å². The molecule has 0 radical (unpaired) electrons. The van der Waals surface area contributed by atoms with Crippen LogP contribution in [-0.4, -0.2) is 55.7 Å². The SMILES string of the molecule is O=C(CSc1nc(-c2ccccc2)cs1)Nc1ccc(Cl)c(S(=O)(=O)N2CCOCC2)c1. The van der Waals surface area contributed by atoms with E-state index in [1.807, 2.05) is 35.7 Å². The lowest BCUT2D eigenvalue weighted by Crippen LogP contribution is -2.40. The Kier molecular flexibility index (Phi) is 7.49. The van der Waals surface area contributed by atoms with Gasteiger partial charge in [-0.1, -0.05) is 53.7 Å². The molecule has 0 spiro atoms. The second-order valence-electron chi connectivity index (χ2n) is 6.86. The van der Waals surface area contributed by atoms with E-state index in [0.29, 0.717) is 18.9 Å². The van der Waals surface area contributed by atoms with Crippen molar-refractivity contribution in [3.8, 4) is 11.3 Å². The largest absolute Gasteiger partial charge is 0.379 e. The summed E-state index contributed by atoms with van der Waals surface area (Å²) in [5, 5.41) is 4.81. The summed E-state index contributed by atoms with van der Waals surface area (Å²) in [5.74, 6) is -0.112. The van der Waals surface area contributed by atoms with Crippen LogP contribution in [0, 0.1) is 0 Å². The summed E-state index contributed by atoms with van der Waals surface area (Å²) in [6, 6.07) is 14.3. The number of ether oxygens (including phenoxy) is 1. The van der Waals surface area contributed by atoms with E-state index in [1.54, 1.807) is 6.07 Å². The van der Waals surface area contributed by atoms with E-state index in [1.165, 1.54) is 39.5 Å². The minimum atomic E-state index is -3.77. The van der Waals surface area contributed by atoms with Gasteiger partial charge in [0.1, 0.15) is 4.90 Å². The standard InChI is InChI=1S/C21H20ClN3O4S3/c22-17-7-6-16(12-19(17)32(27,28)25-8-10-29-11-9-25)23-20(26)14-31-21-24-18(13-30-21)15-4-2-1-3-5-15/h1-7,12-13H,8-11,14H2,(H,23,26). The summed E-state index contributed by atoms with van der Waals surface area (Å²) < 4.78 is 33.2. The van der Waals surface area contributed by atoms with E-state index >= 15 is 0 Å². The molecule has 1 aliphatic heterocycles. The molecule has 1 N–H and O–H groups in total. The van der Waals surface area contributed by atoms with Crippen molar-refractivity contribution in [2.75, 3.05) is 37.4 Å². The van der Waals surface area contributed by atoms with Crippen LogP contribution in [0.4, 0.5) is 5.69 Å². The van der Waals surface area contributed by atoms with Gasteiger partial charge in [0.25, 0.3) is 0 Å². The van der Waals surface area contributed by atoms with E-state index in [2.05, 4.69) is 10.3 Å². The number of halogens is 1. The highest BCUT2D eigenvalue weighted by Gasteiger charge is 2.28. The molecule has 4 rings (SSSR count). The first kappa shape index (κ1) is 23.2. The van der Waals surface area contributed by atoms with Gasteiger partial charge < -0.3 is 10.1 Å². The van der Waals surface area contributed by atoms with Gasteiger partial charge in [-0.2, -0.15) is 4.31 Å². The van der Waals surface area contributed by atoms with Crippen molar-refractivity contribution in [2.24, 2.45) is 0 Å². The average molecular weight is 510 g/mol. The molecule has 32 heavy (non-hydrogen) atoms. The first-order valence-electron chi connectivity index (χ1n) is 9.74. The summed E-state index contributed by atoms with van der Waals surface area (Å²) in [4.78, 5) is 17.0. The number of thiazole rings is 1. The molecule has 1 aliphatic rings. The Bertz CT molecular complexity index is 1200. The first-order valence-corrected chi connectivity index (χ1v) is 13.4. The summed E-state index contributed by atoms with van der Waals surface area (Å²) in [6.07, 6.45) is 0. The number of thioether (sulfide) groups is 1. The number of amides is 1. The molecule has 0 atom stereocenters. The third-order valence-corrected chi connectivity index (χ3v) is 9.08. The molecule has 3 aromatic rings. The lowest BCUT2D eigenvalue weighted by Gasteiger charge is -2.26. The third-order valence-electron chi connectivity index (χ3n) is 4.68. The number of aromatic nitrogens is 1. The van der Waals surface area contributed by atoms with Gasteiger partial charge in [0.05, 0.1) is 29.7 Å². The Balaban J connectivity index is 1.39. The number of hydrogen-bond acceptors (Lipinski definition) is 7. The van der Waals surface area contributed by atoms with Gasteiger partial charge >= 0.3 is 0 Å². The molecule has 0 unspecified atom stereocenters. The normalized spacial score (nSPS) is 14.9.